The third-order valence-electron chi connectivity index (χ3n) is 5.85. The van der Waals surface area contributed by atoms with Crippen molar-refractivity contribution >= 4 is 11.6 Å². The molecule has 4 nitrogen and oxygen atoms in total. The van der Waals surface area contributed by atoms with E-state index < -0.39 is 0 Å². The molecule has 0 aliphatic carbocycles. The van der Waals surface area contributed by atoms with Crippen LogP contribution in [-0.4, -0.2) is 37.0 Å². The predicted molar refractivity (Wildman–Crippen MR) is 121 cm³/mol. The zero-order chi connectivity index (χ0) is 21.6. The highest BCUT2D eigenvalue weighted by Gasteiger charge is 2.30. The molecule has 3 aromatic carbocycles. The van der Waals surface area contributed by atoms with Crippen LogP contribution in [0.3, 0.4) is 0 Å². The number of methoxy groups -OCH3 is 1. The SMILES string of the molecule is COc1cccc(N(C(=O)c2ccccc2)C2CCN(Cc3ccccc3F)CC2)c1. The van der Waals surface area contributed by atoms with Gasteiger partial charge in [-0.1, -0.05) is 42.5 Å². The number of rotatable bonds is 6. The maximum Gasteiger partial charge on any atom is 0.258 e. The van der Waals surface area contributed by atoms with E-state index in [1.165, 1.54) is 6.07 Å². The molecule has 5 heteroatoms. The van der Waals surface area contributed by atoms with Crippen molar-refractivity contribution in [1.29, 1.82) is 0 Å². The van der Waals surface area contributed by atoms with Crippen molar-refractivity contribution in [1.82, 2.24) is 4.90 Å². The molecule has 31 heavy (non-hydrogen) atoms. The zero-order valence-corrected chi connectivity index (χ0v) is 17.7. The smallest absolute Gasteiger partial charge is 0.258 e. The maximum absolute atomic E-state index is 14.0. The highest BCUT2D eigenvalue weighted by atomic mass is 19.1. The summed E-state index contributed by atoms with van der Waals surface area (Å²) in [6, 6.07) is 24.0. The first kappa shape index (κ1) is 21.1. The van der Waals surface area contributed by atoms with Gasteiger partial charge in [0.05, 0.1) is 7.11 Å². The van der Waals surface area contributed by atoms with Crippen molar-refractivity contribution in [2.24, 2.45) is 0 Å². The van der Waals surface area contributed by atoms with Crippen LogP contribution < -0.4 is 9.64 Å². The summed E-state index contributed by atoms with van der Waals surface area (Å²) in [5.41, 5.74) is 2.21. The van der Waals surface area contributed by atoms with Gasteiger partial charge in [-0.15, -0.1) is 0 Å². The van der Waals surface area contributed by atoms with Crippen LogP contribution in [0.1, 0.15) is 28.8 Å². The van der Waals surface area contributed by atoms with Crippen molar-refractivity contribution in [3.8, 4) is 5.75 Å². The van der Waals surface area contributed by atoms with Gasteiger partial charge < -0.3 is 9.64 Å². The molecular weight excluding hydrogens is 391 g/mol. The van der Waals surface area contributed by atoms with Crippen molar-refractivity contribution in [2.75, 3.05) is 25.1 Å². The topological polar surface area (TPSA) is 32.8 Å². The molecule has 1 heterocycles. The van der Waals surface area contributed by atoms with Gasteiger partial charge in [0.1, 0.15) is 11.6 Å². The second-order valence-corrected chi connectivity index (χ2v) is 7.84. The highest BCUT2D eigenvalue weighted by molar-refractivity contribution is 6.06. The van der Waals surface area contributed by atoms with Gasteiger partial charge in [0.15, 0.2) is 0 Å². The summed E-state index contributed by atoms with van der Waals surface area (Å²) in [7, 11) is 1.63. The van der Waals surface area contributed by atoms with Gasteiger partial charge in [-0.25, -0.2) is 4.39 Å². The van der Waals surface area contributed by atoms with Gasteiger partial charge in [0.25, 0.3) is 5.91 Å². The van der Waals surface area contributed by atoms with Crippen LogP contribution in [-0.2, 0) is 6.54 Å². The van der Waals surface area contributed by atoms with Gasteiger partial charge in [-0.3, -0.25) is 9.69 Å². The number of amides is 1. The molecule has 1 saturated heterocycles. The van der Waals surface area contributed by atoms with Crippen LogP contribution in [0.25, 0.3) is 0 Å². The van der Waals surface area contributed by atoms with Crippen LogP contribution in [0.2, 0.25) is 0 Å². The molecule has 1 aliphatic rings. The van der Waals surface area contributed by atoms with Gasteiger partial charge in [0.2, 0.25) is 0 Å². The summed E-state index contributed by atoms with van der Waals surface area (Å²) in [6.07, 6.45) is 1.65. The second-order valence-electron chi connectivity index (χ2n) is 7.84. The number of carbonyl (C=O) groups is 1. The lowest BCUT2D eigenvalue weighted by atomic mass is 10.00. The molecule has 160 valence electrons. The van der Waals surface area contributed by atoms with Crippen molar-refractivity contribution in [3.63, 3.8) is 0 Å². The van der Waals surface area contributed by atoms with Gasteiger partial charge >= 0.3 is 0 Å². The van der Waals surface area contributed by atoms with E-state index >= 15 is 0 Å². The quantitative estimate of drug-likeness (QED) is 0.555. The summed E-state index contributed by atoms with van der Waals surface area (Å²) in [5, 5.41) is 0. The van der Waals surface area contributed by atoms with E-state index in [9.17, 15) is 9.18 Å². The number of likely N-dealkylation sites (tertiary alicyclic amines) is 1. The Hall–Kier alpha value is -3.18. The first-order valence-corrected chi connectivity index (χ1v) is 10.6. The summed E-state index contributed by atoms with van der Waals surface area (Å²) < 4.78 is 19.4. The fourth-order valence-electron chi connectivity index (χ4n) is 4.18. The van der Waals surface area contributed by atoms with E-state index in [2.05, 4.69) is 4.90 Å². The monoisotopic (exact) mass is 418 g/mol. The van der Waals surface area contributed by atoms with Crippen LogP contribution >= 0.6 is 0 Å². The molecule has 0 aromatic heterocycles. The third-order valence-corrected chi connectivity index (χ3v) is 5.85. The number of ether oxygens (including phenoxy) is 1. The highest BCUT2D eigenvalue weighted by Crippen LogP contribution is 2.29. The van der Waals surface area contributed by atoms with E-state index in [4.69, 9.17) is 4.74 Å². The number of piperidine rings is 1. The number of anilines is 1. The minimum Gasteiger partial charge on any atom is -0.497 e. The first-order valence-electron chi connectivity index (χ1n) is 10.6. The molecule has 0 unspecified atom stereocenters. The Labute approximate surface area is 182 Å². The fraction of sp³-hybridized carbons (Fsp3) is 0.269. The maximum atomic E-state index is 14.0. The molecule has 0 atom stereocenters. The van der Waals surface area contributed by atoms with Crippen LogP contribution in [0, 0.1) is 5.82 Å². The fourth-order valence-corrected chi connectivity index (χ4v) is 4.18. The summed E-state index contributed by atoms with van der Waals surface area (Å²) in [5.74, 6) is 0.545. The van der Waals surface area contributed by atoms with E-state index in [1.54, 1.807) is 13.2 Å². The minimum absolute atomic E-state index is 0.0126. The van der Waals surface area contributed by atoms with E-state index in [1.807, 2.05) is 71.6 Å². The lowest BCUT2D eigenvalue weighted by molar-refractivity contribution is 0.0958. The first-order chi connectivity index (χ1) is 15.2. The van der Waals surface area contributed by atoms with E-state index in [-0.39, 0.29) is 17.8 Å². The van der Waals surface area contributed by atoms with Crippen LogP contribution in [0.5, 0.6) is 5.75 Å². The third kappa shape index (κ3) is 4.94. The molecule has 0 N–H and O–H groups in total. The Bertz CT molecular complexity index is 1020. The predicted octanol–water partition coefficient (Wildman–Crippen LogP) is 5.15. The zero-order valence-electron chi connectivity index (χ0n) is 17.7. The molecule has 0 saturated carbocycles. The number of benzene rings is 3. The molecule has 0 spiro atoms. The van der Waals surface area contributed by atoms with Gasteiger partial charge in [-0.05, 0) is 43.2 Å². The standard InChI is InChI=1S/C26H27FN2O2/c1-31-24-12-7-11-23(18-24)29(26(30)20-8-3-2-4-9-20)22-14-16-28(17-15-22)19-21-10-5-6-13-25(21)27/h2-13,18,22H,14-17,19H2,1H3. The Kier molecular flexibility index (Phi) is 6.63. The largest absolute Gasteiger partial charge is 0.497 e. The number of hydrogen-bond acceptors (Lipinski definition) is 3. The molecule has 1 fully saturated rings. The molecule has 1 amide bonds. The van der Waals surface area contributed by atoms with Gasteiger partial charge in [-0.2, -0.15) is 0 Å². The van der Waals surface area contributed by atoms with Gasteiger partial charge in [0, 0.05) is 48.6 Å². The molecule has 3 aromatic rings. The Morgan fingerprint density at radius 3 is 2.42 bits per heavy atom. The summed E-state index contributed by atoms with van der Waals surface area (Å²) >= 11 is 0. The van der Waals surface area contributed by atoms with Crippen molar-refractivity contribution < 1.29 is 13.9 Å². The average Bonchev–Trinajstić information content (AvgIpc) is 2.82. The molecular formula is C26H27FN2O2. The average molecular weight is 419 g/mol. The van der Waals surface area contributed by atoms with E-state index in [0.29, 0.717) is 17.7 Å². The van der Waals surface area contributed by atoms with Crippen LogP contribution in [0.15, 0.2) is 78.9 Å². The molecule has 1 aliphatic heterocycles. The number of hydrogen-bond donors (Lipinski definition) is 0. The number of nitrogens with zero attached hydrogens (tertiary/aromatic N) is 2. The second kappa shape index (κ2) is 9.75. The summed E-state index contributed by atoms with van der Waals surface area (Å²) in [4.78, 5) is 17.6. The number of carbonyl (C=O) groups excluding carboxylic acids is 1. The Morgan fingerprint density at radius 1 is 1.00 bits per heavy atom. The Balaban J connectivity index is 1.53. The van der Waals surface area contributed by atoms with Crippen molar-refractivity contribution in [3.05, 3.63) is 95.8 Å². The lowest BCUT2D eigenvalue weighted by Crippen LogP contribution is -2.47. The van der Waals surface area contributed by atoms with Crippen molar-refractivity contribution in [2.45, 2.75) is 25.4 Å². The number of halogens is 1. The van der Waals surface area contributed by atoms with E-state index in [0.717, 1.165) is 37.4 Å². The molecule has 4 rings (SSSR count). The molecule has 0 radical (unpaired) electrons. The molecule has 0 bridgehead atoms. The van der Waals surface area contributed by atoms with Crippen LogP contribution in [0.4, 0.5) is 10.1 Å². The minimum atomic E-state index is -0.165. The lowest BCUT2D eigenvalue weighted by Gasteiger charge is -2.38. The normalized spacial score (nSPS) is 14.9. The Morgan fingerprint density at radius 2 is 1.71 bits per heavy atom. The summed E-state index contributed by atoms with van der Waals surface area (Å²) in [6.45, 7) is 2.20.